The molecule has 0 aliphatic carbocycles. The molecule has 2 rings (SSSR count). The second-order valence-corrected chi connectivity index (χ2v) is 6.66. The van der Waals surface area contributed by atoms with Crippen LogP contribution >= 0.6 is 11.6 Å². The van der Waals surface area contributed by atoms with Gasteiger partial charge in [0, 0.05) is 53.4 Å². The monoisotopic (exact) mass is 457 g/mol. The minimum absolute atomic E-state index is 0.252. The summed E-state index contributed by atoms with van der Waals surface area (Å²) in [5, 5.41) is 0.252. The number of aromatic nitrogens is 2. The Balaban J connectivity index is 0. The van der Waals surface area contributed by atoms with Crippen LogP contribution in [-0.4, -0.2) is 23.2 Å². The van der Waals surface area contributed by atoms with Gasteiger partial charge >= 0.3 is 0 Å². The molecule has 1 heterocycles. The van der Waals surface area contributed by atoms with Crippen LogP contribution < -0.4 is 10.6 Å². The van der Waals surface area contributed by atoms with E-state index in [1.54, 1.807) is 25.5 Å². The van der Waals surface area contributed by atoms with Gasteiger partial charge in [0.05, 0.1) is 6.54 Å². The quantitative estimate of drug-likeness (QED) is 0.212. The molecule has 0 bridgehead atoms. The van der Waals surface area contributed by atoms with Crippen LogP contribution in [0.25, 0.3) is 0 Å². The molecule has 2 aromatic rings. The topological polar surface area (TPSA) is 67.4 Å². The van der Waals surface area contributed by atoms with Crippen molar-refractivity contribution in [2.75, 3.05) is 17.7 Å². The normalized spacial score (nSPS) is 9.28. The van der Waals surface area contributed by atoms with Gasteiger partial charge in [0.2, 0.25) is 5.28 Å². The van der Waals surface area contributed by atoms with E-state index < -0.39 is 0 Å². The summed E-state index contributed by atoms with van der Waals surface area (Å²) in [5.41, 5.74) is 12.3. The fourth-order valence-electron chi connectivity index (χ4n) is 2.22. The van der Waals surface area contributed by atoms with E-state index in [9.17, 15) is 0 Å². The van der Waals surface area contributed by atoms with Crippen molar-refractivity contribution in [3.8, 4) is 0 Å². The second kappa shape index (κ2) is 17.7. The smallest absolute Gasteiger partial charge is 0.222 e. The average molecular weight is 458 g/mol. The van der Waals surface area contributed by atoms with E-state index >= 15 is 0 Å². The first-order chi connectivity index (χ1) is 15.2. The van der Waals surface area contributed by atoms with E-state index in [0.717, 1.165) is 33.8 Å². The Kier molecular flexibility index (Phi) is 17.3. The number of hydrogen-bond acceptors (Lipinski definition) is 5. The summed E-state index contributed by atoms with van der Waals surface area (Å²) in [6, 6.07) is 5.82. The predicted molar refractivity (Wildman–Crippen MR) is 145 cm³/mol. The maximum absolute atomic E-state index is 5.98. The van der Waals surface area contributed by atoms with Crippen LogP contribution in [-0.2, 0) is 6.54 Å². The van der Waals surface area contributed by atoms with Gasteiger partial charge < -0.3 is 10.6 Å². The largest absolute Gasteiger partial charge is 0.398 e. The minimum Gasteiger partial charge on any atom is -0.398 e. The molecule has 176 valence electrons. The van der Waals surface area contributed by atoms with Gasteiger partial charge in [0.15, 0.2) is 0 Å². The third kappa shape index (κ3) is 11.5. The van der Waals surface area contributed by atoms with Crippen molar-refractivity contribution in [2.45, 2.75) is 55.0 Å². The zero-order chi connectivity index (χ0) is 25.3. The number of nitrogens with two attached hydrogens (primary N) is 1. The molecule has 1 aromatic carbocycles. The third-order valence-electron chi connectivity index (χ3n) is 3.84. The molecule has 0 aliphatic rings. The van der Waals surface area contributed by atoms with Gasteiger partial charge in [0.1, 0.15) is 0 Å². The summed E-state index contributed by atoms with van der Waals surface area (Å²) in [5.74, 6) is 0. The van der Waals surface area contributed by atoms with Crippen LogP contribution in [0.1, 0.15) is 58.4 Å². The number of hydrogen-bond donors (Lipinski definition) is 1. The molecular formula is C26H40ClN5. The molecule has 0 amide bonds. The highest BCUT2D eigenvalue weighted by atomic mass is 35.5. The lowest BCUT2D eigenvalue weighted by atomic mass is 10.1. The summed E-state index contributed by atoms with van der Waals surface area (Å²) in [6.07, 6.45) is 5.21. The predicted octanol–water partition coefficient (Wildman–Crippen LogP) is 7.41. The Morgan fingerprint density at radius 2 is 1.75 bits per heavy atom. The SMILES string of the molecule is C=C(C)N(Cc1cnc(Cl)nc1C)c1ccc(N)c(C=NC)c1.C=CC(=C)C.CC.CC. The van der Waals surface area contributed by atoms with Gasteiger partial charge in [-0.05, 0) is 50.6 Å². The van der Waals surface area contributed by atoms with Crippen LogP contribution in [0.2, 0.25) is 5.28 Å². The molecular weight excluding hydrogens is 418 g/mol. The molecule has 0 saturated carbocycles. The number of nitrogens with zero attached hydrogens (tertiary/aromatic N) is 4. The van der Waals surface area contributed by atoms with Crippen molar-refractivity contribution in [2.24, 2.45) is 4.99 Å². The Morgan fingerprint density at radius 3 is 2.19 bits per heavy atom. The van der Waals surface area contributed by atoms with E-state index in [1.165, 1.54) is 0 Å². The van der Waals surface area contributed by atoms with Gasteiger partial charge in [-0.2, -0.15) is 0 Å². The number of allylic oxidation sites excluding steroid dienone is 3. The summed E-state index contributed by atoms with van der Waals surface area (Å²) < 4.78 is 0. The fourth-order valence-corrected chi connectivity index (χ4v) is 2.39. The number of aliphatic imine (C=N–C) groups is 1. The molecule has 1 aromatic heterocycles. The highest BCUT2D eigenvalue weighted by Crippen LogP contribution is 2.25. The molecule has 0 aliphatic heterocycles. The Morgan fingerprint density at radius 1 is 1.19 bits per heavy atom. The van der Waals surface area contributed by atoms with Gasteiger partial charge in [-0.1, -0.05) is 59.1 Å². The lowest BCUT2D eigenvalue weighted by Crippen LogP contribution is -2.21. The Labute approximate surface area is 200 Å². The Bertz CT molecular complexity index is 888. The number of anilines is 2. The highest BCUT2D eigenvalue weighted by Gasteiger charge is 2.12. The molecule has 0 atom stereocenters. The maximum atomic E-state index is 5.98. The van der Waals surface area contributed by atoms with Crippen molar-refractivity contribution in [3.05, 3.63) is 83.6 Å². The lowest BCUT2D eigenvalue weighted by Gasteiger charge is -2.26. The van der Waals surface area contributed by atoms with Crippen molar-refractivity contribution in [1.82, 2.24) is 9.97 Å². The molecule has 5 nitrogen and oxygen atoms in total. The molecule has 0 unspecified atom stereocenters. The van der Waals surface area contributed by atoms with Crippen molar-refractivity contribution >= 4 is 29.2 Å². The molecule has 0 fully saturated rings. The number of halogens is 1. The lowest BCUT2D eigenvalue weighted by molar-refractivity contribution is 0.881. The van der Waals surface area contributed by atoms with Gasteiger partial charge in [-0.15, -0.1) is 0 Å². The Hall–Kier alpha value is -2.92. The molecule has 0 spiro atoms. The van der Waals surface area contributed by atoms with E-state index in [1.807, 2.05) is 66.7 Å². The molecule has 2 N–H and O–H groups in total. The molecule has 32 heavy (non-hydrogen) atoms. The van der Waals surface area contributed by atoms with Gasteiger partial charge in [-0.25, -0.2) is 9.97 Å². The van der Waals surface area contributed by atoms with E-state index in [4.69, 9.17) is 17.3 Å². The number of aryl methyl sites for hydroxylation is 1. The van der Waals surface area contributed by atoms with Gasteiger partial charge in [0.25, 0.3) is 0 Å². The highest BCUT2D eigenvalue weighted by molar-refractivity contribution is 6.28. The summed E-state index contributed by atoms with van der Waals surface area (Å²) in [4.78, 5) is 14.4. The van der Waals surface area contributed by atoms with Crippen LogP contribution in [0.5, 0.6) is 0 Å². The van der Waals surface area contributed by atoms with Crippen LogP contribution in [0.3, 0.4) is 0 Å². The fraction of sp³-hybridized carbons (Fsp3) is 0.346. The zero-order valence-electron chi connectivity index (χ0n) is 21.0. The summed E-state index contributed by atoms with van der Waals surface area (Å²) in [7, 11) is 1.72. The van der Waals surface area contributed by atoms with Crippen molar-refractivity contribution in [1.29, 1.82) is 0 Å². The average Bonchev–Trinajstić information content (AvgIpc) is 2.78. The standard InChI is InChI=1S/C17H20ClN5.C5H8.2C2H6/c1-11(2)23(10-14-9-21-17(18)22-12(14)3)15-5-6-16(19)13(7-15)8-20-4;1-4-5(2)3;2*1-2/h5-9H,1,10,19H2,2-4H3;4H,1-2H2,3H3;2*1-2H3. The maximum Gasteiger partial charge on any atom is 0.222 e. The summed E-state index contributed by atoms with van der Waals surface area (Å²) in [6.45, 7) is 25.5. The van der Waals surface area contributed by atoms with Crippen molar-refractivity contribution < 1.29 is 0 Å². The minimum atomic E-state index is 0.252. The van der Waals surface area contributed by atoms with Crippen LogP contribution in [0, 0.1) is 6.92 Å². The van der Waals surface area contributed by atoms with Crippen LogP contribution in [0.15, 0.2) is 66.5 Å². The van der Waals surface area contributed by atoms with Crippen LogP contribution in [0.4, 0.5) is 11.4 Å². The molecule has 0 radical (unpaired) electrons. The van der Waals surface area contributed by atoms with Crippen molar-refractivity contribution in [3.63, 3.8) is 0 Å². The first-order valence-corrected chi connectivity index (χ1v) is 11.1. The first kappa shape index (κ1) is 31.3. The first-order valence-electron chi connectivity index (χ1n) is 10.7. The number of nitrogen functional groups attached to an aromatic ring is 1. The van der Waals surface area contributed by atoms with E-state index in [2.05, 4.69) is 39.6 Å². The third-order valence-corrected chi connectivity index (χ3v) is 4.02. The summed E-state index contributed by atoms with van der Waals surface area (Å²) >= 11 is 5.82. The molecule has 0 saturated heterocycles. The van der Waals surface area contributed by atoms with E-state index in [-0.39, 0.29) is 5.28 Å². The van der Waals surface area contributed by atoms with E-state index in [0.29, 0.717) is 12.2 Å². The number of rotatable bonds is 6. The number of benzene rings is 1. The second-order valence-electron chi connectivity index (χ2n) is 6.32. The molecule has 6 heteroatoms. The zero-order valence-corrected chi connectivity index (χ0v) is 21.8. The van der Waals surface area contributed by atoms with Gasteiger partial charge in [-0.3, -0.25) is 4.99 Å².